The number of hydrogen-bond donors (Lipinski definition) is 1. The van der Waals surface area contributed by atoms with Gasteiger partial charge in [-0.25, -0.2) is 0 Å². The van der Waals surface area contributed by atoms with E-state index in [4.69, 9.17) is 4.74 Å². The van der Waals surface area contributed by atoms with Crippen LogP contribution in [-0.2, 0) is 4.74 Å². The van der Waals surface area contributed by atoms with Gasteiger partial charge in [0.15, 0.2) is 0 Å². The number of ether oxygens (including phenoxy) is 1. The Labute approximate surface area is 107 Å². The molecule has 0 aliphatic rings. The van der Waals surface area contributed by atoms with Gasteiger partial charge in [-0.1, -0.05) is 22.0 Å². The van der Waals surface area contributed by atoms with E-state index in [-0.39, 0.29) is 5.60 Å². The predicted molar refractivity (Wildman–Crippen MR) is 73.1 cm³/mol. The van der Waals surface area contributed by atoms with Crippen LogP contribution in [-0.4, -0.2) is 18.8 Å². The Bertz CT molecular complexity index is 344. The van der Waals surface area contributed by atoms with E-state index in [2.05, 4.69) is 67.1 Å². The van der Waals surface area contributed by atoms with Crippen molar-refractivity contribution in [3.8, 4) is 0 Å². The molecule has 1 N–H and O–H groups in total. The van der Waals surface area contributed by atoms with Crippen LogP contribution in [0.15, 0.2) is 22.7 Å². The molecule has 0 aliphatic heterocycles. The molecule has 0 heterocycles. The maximum Gasteiger partial charge on any atom is 0.0646 e. The molecule has 2 nitrogen and oxygen atoms in total. The number of hydrogen-bond acceptors (Lipinski definition) is 2. The van der Waals surface area contributed by atoms with Crippen LogP contribution in [0.2, 0.25) is 0 Å². The average molecular weight is 286 g/mol. The van der Waals surface area contributed by atoms with Crippen molar-refractivity contribution in [2.75, 3.05) is 18.5 Å². The van der Waals surface area contributed by atoms with Crippen LogP contribution in [0.4, 0.5) is 5.69 Å². The highest BCUT2D eigenvalue weighted by atomic mass is 79.9. The number of aryl methyl sites for hydroxylation is 1. The van der Waals surface area contributed by atoms with Crippen molar-refractivity contribution in [2.24, 2.45) is 0 Å². The largest absolute Gasteiger partial charge is 0.383 e. The van der Waals surface area contributed by atoms with Crippen molar-refractivity contribution in [3.63, 3.8) is 0 Å². The van der Waals surface area contributed by atoms with Crippen LogP contribution < -0.4 is 5.32 Å². The molecule has 1 aromatic carbocycles. The van der Waals surface area contributed by atoms with Crippen molar-refractivity contribution in [1.29, 1.82) is 0 Å². The van der Waals surface area contributed by atoms with E-state index >= 15 is 0 Å². The van der Waals surface area contributed by atoms with Gasteiger partial charge >= 0.3 is 0 Å². The van der Waals surface area contributed by atoms with Crippen LogP contribution in [0.5, 0.6) is 0 Å². The minimum atomic E-state index is -0.0600. The Kier molecular flexibility index (Phi) is 4.81. The van der Waals surface area contributed by atoms with Crippen LogP contribution in [0.25, 0.3) is 0 Å². The molecular weight excluding hydrogens is 266 g/mol. The highest BCUT2D eigenvalue weighted by Gasteiger charge is 2.08. The first-order chi connectivity index (χ1) is 7.38. The summed E-state index contributed by atoms with van der Waals surface area (Å²) >= 11 is 3.52. The quantitative estimate of drug-likeness (QED) is 0.845. The molecule has 0 fully saturated rings. The Morgan fingerprint density at radius 2 is 2.00 bits per heavy atom. The maximum absolute atomic E-state index is 5.63. The molecule has 0 aromatic heterocycles. The third-order valence-electron chi connectivity index (χ3n) is 2.14. The van der Waals surface area contributed by atoms with E-state index in [1.54, 1.807) is 0 Å². The number of nitrogens with one attached hydrogen (secondary N) is 1. The van der Waals surface area contributed by atoms with E-state index in [1.807, 2.05) is 0 Å². The van der Waals surface area contributed by atoms with Crippen LogP contribution in [0.3, 0.4) is 0 Å². The topological polar surface area (TPSA) is 21.3 Å². The monoisotopic (exact) mass is 285 g/mol. The first-order valence-corrected chi connectivity index (χ1v) is 6.32. The lowest BCUT2D eigenvalue weighted by atomic mass is 10.2. The molecule has 1 aromatic rings. The fourth-order valence-corrected chi connectivity index (χ4v) is 1.63. The molecule has 1 rings (SSSR count). The lowest BCUT2D eigenvalue weighted by Crippen LogP contribution is -2.23. The molecular formula is C13H20BrNO. The zero-order chi connectivity index (χ0) is 12.2. The van der Waals surface area contributed by atoms with Gasteiger partial charge in [0, 0.05) is 16.7 Å². The zero-order valence-electron chi connectivity index (χ0n) is 10.4. The maximum atomic E-state index is 5.63. The fourth-order valence-electron chi connectivity index (χ4n) is 1.26. The second kappa shape index (κ2) is 5.69. The van der Waals surface area contributed by atoms with Crippen LogP contribution >= 0.6 is 15.9 Å². The van der Waals surface area contributed by atoms with Gasteiger partial charge in [-0.05, 0) is 45.4 Å². The Hall–Kier alpha value is -0.540. The number of halogens is 1. The number of benzene rings is 1. The smallest absolute Gasteiger partial charge is 0.0646 e. The average Bonchev–Trinajstić information content (AvgIpc) is 2.17. The molecule has 0 amide bonds. The van der Waals surface area contributed by atoms with E-state index in [0.29, 0.717) is 0 Å². The highest BCUT2D eigenvalue weighted by molar-refractivity contribution is 9.10. The second-order valence-electron chi connectivity index (χ2n) is 4.85. The summed E-state index contributed by atoms with van der Waals surface area (Å²) in [6, 6.07) is 6.26. The lowest BCUT2D eigenvalue weighted by Gasteiger charge is -2.19. The summed E-state index contributed by atoms with van der Waals surface area (Å²) in [6.07, 6.45) is 0. The van der Waals surface area contributed by atoms with Gasteiger partial charge in [-0.3, -0.25) is 0 Å². The van der Waals surface area contributed by atoms with Gasteiger partial charge in [-0.15, -0.1) is 0 Å². The third kappa shape index (κ3) is 4.99. The summed E-state index contributed by atoms with van der Waals surface area (Å²) in [7, 11) is 0. The molecule has 0 saturated heterocycles. The van der Waals surface area contributed by atoms with Crippen molar-refractivity contribution in [3.05, 3.63) is 28.2 Å². The first kappa shape index (κ1) is 13.5. The van der Waals surface area contributed by atoms with Crippen molar-refractivity contribution in [2.45, 2.75) is 33.3 Å². The SMILES string of the molecule is Cc1ccc(NCCOC(C)(C)C)cc1Br. The molecule has 0 bridgehead atoms. The molecule has 0 unspecified atom stereocenters. The molecule has 16 heavy (non-hydrogen) atoms. The number of rotatable bonds is 4. The normalized spacial score (nSPS) is 11.6. The second-order valence-corrected chi connectivity index (χ2v) is 5.71. The van der Waals surface area contributed by atoms with Crippen molar-refractivity contribution >= 4 is 21.6 Å². The third-order valence-corrected chi connectivity index (χ3v) is 2.99. The Morgan fingerprint density at radius 1 is 1.31 bits per heavy atom. The van der Waals surface area contributed by atoms with Crippen LogP contribution in [0.1, 0.15) is 26.3 Å². The summed E-state index contributed by atoms with van der Waals surface area (Å²) in [5, 5.41) is 3.33. The summed E-state index contributed by atoms with van der Waals surface area (Å²) < 4.78 is 6.76. The van der Waals surface area contributed by atoms with Gasteiger partial charge < -0.3 is 10.1 Å². The first-order valence-electron chi connectivity index (χ1n) is 5.52. The molecule has 0 saturated carbocycles. The molecule has 0 spiro atoms. The van der Waals surface area contributed by atoms with Crippen molar-refractivity contribution < 1.29 is 4.74 Å². The fraction of sp³-hybridized carbons (Fsp3) is 0.538. The Balaban J connectivity index is 2.35. The zero-order valence-corrected chi connectivity index (χ0v) is 12.0. The molecule has 0 aliphatic carbocycles. The molecule has 0 atom stereocenters. The van der Waals surface area contributed by atoms with Gasteiger partial charge in [0.05, 0.1) is 12.2 Å². The van der Waals surface area contributed by atoms with Gasteiger partial charge in [0.25, 0.3) is 0 Å². The minimum Gasteiger partial charge on any atom is -0.383 e. The predicted octanol–water partition coefficient (Wildman–Crippen LogP) is 3.98. The number of anilines is 1. The van der Waals surface area contributed by atoms with E-state index in [0.717, 1.165) is 23.3 Å². The lowest BCUT2D eigenvalue weighted by molar-refractivity contribution is 0.00333. The van der Waals surface area contributed by atoms with E-state index < -0.39 is 0 Å². The summed E-state index contributed by atoms with van der Waals surface area (Å²) in [5.74, 6) is 0. The Morgan fingerprint density at radius 3 is 2.56 bits per heavy atom. The molecule has 0 radical (unpaired) electrons. The summed E-state index contributed by atoms with van der Waals surface area (Å²) in [4.78, 5) is 0. The minimum absolute atomic E-state index is 0.0600. The van der Waals surface area contributed by atoms with Gasteiger partial charge in [0.1, 0.15) is 0 Å². The molecule has 90 valence electrons. The molecule has 3 heteroatoms. The van der Waals surface area contributed by atoms with E-state index in [9.17, 15) is 0 Å². The highest BCUT2D eigenvalue weighted by Crippen LogP contribution is 2.20. The van der Waals surface area contributed by atoms with Crippen molar-refractivity contribution in [1.82, 2.24) is 0 Å². The summed E-state index contributed by atoms with van der Waals surface area (Å²) in [5.41, 5.74) is 2.31. The summed E-state index contributed by atoms with van der Waals surface area (Å²) in [6.45, 7) is 9.82. The standard InChI is InChI=1S/C13H20BrNO/c1-10-5-6-11(9-12(10)14)15-7-8-16-13(2,3)4/h5-6,9,15H,7-8H2,1-4H3. The van der Waals surface area contributed by atoms with Gasteiger partial charge in [-0.2, -0.15) is 0 Å². The van der Waals surface area contributed by atoms with Crippen LogP contribution in [0, 0.1) is 6.92 Å². The van der Waals surface area contributed by atoms with E-state index in [1.165, 1.54) is 5.56 Å². The van der Waals surface area contributed by atoms with Gasteiger partial charge in [0.2, 0.25) is 0 Å².